The number of alkyl halides is 3. The molecule has 1 fully saturated rings. The van der Waals surface area contributed by atoms with Crippen molar-refractivity contribution >= 4 is 22.8 Å². The number of nitrogens with zero attached hydrogens (tertiary/aromatic N) is 8. The molecule has 0 spiro atoms. The third-order valence-corrected chi connectivity index (χ3v) is 4.50. The first kappa shape index (κ1) is 17.9. The van der Waals surface area contributed by atoms with Gasteiger partial charge in [0.2, 0.25) is 0 Å². The van der Waals surface area contributed by atoms with Crippen molar-refractivity contribution in [2.75, 3.05) is 36.0 Å². The van der Waals surface area contributed by atoms with Gasteiger partial charge in [-0.15, -0.1) is 14.8 Å². The Morgan fingerprint density at radius 1 is 1.04 bits per heavy atom. The lowest BCUT2D eigenvalue weighted by atomic mass is 10.1. The summed E-state index contributed by atoms with van der Waals surface area (Å²) in [5.41, 5.74) is -0.929. The van der Waals surface area contributed by atoms with Crippen molar-refractivity contribution in [2.45, 2.75) is 6.18 Å². The molecule has 1 saturated heterocycles. The van der Waals surface area contributed by atoms with Crippen LogP contribution in [0.2, 0.25) is 0 Å². The molecule has 1 aliphatic heterocycles. The van der Waals surface area contributed by atoms with Gasteiger partial charge >= 0.3 is 6.18 Å². The first-order valence-electron chi connectivity index (χ1n) is 8.24. The van der Waals surface area contributed by atoms with Crippen LogP contribution in [0.5, 0.6) is 0 Å². The number of hydrogen-bond donors (Lipinski definition) is 0. The number of tetrazole rings is 1. The summed E-state index contributed by atoms with van der Waals surface area (Å²) in [6.45, 7) is 1.75. The molecule has 1 aromatic carbocycles. The summed E-state index contributed by atoms with van der Waals surface area (Å²) in [7, 11) is 0. The highest BCUT2D eigenvalue weighted by molar-refractivity contribution is 5.65. The number of piperazine rings is 1. The molecular weight excluding hydrogens is 381 g/mol. The normalized spacial score (nSPS) is 15.2. The number of nitro benzene ring substituents is 1. The Bertz CT molecular complexity index is 1030. The minimum atomic E-state index is -4.64. The lowest BCUT2D eigenvalue weighted by molar-refractivity contribution is -0.384. The Balaban J connectivity index is 1.53. The second-order valence-electron chi connectivity index (χ2n) is 6.15. The van der Waals surface area contributed by atoms with Crippen molar-refractivity contribution in [3.8, 4) is 0 Å². The van der Waals surface area contributed by atoms with Crippen molar-refractivity contribution in [1.82, 2.24) is 25.3 Å². The fourth-order valence-corrected chi connectivity index (χ4v) is 3.10. The van der Waals surface area contributed by atoms with Crippen LogP contribution in [0.1, 0.15) is 5.56 Å². The number of fused-ring (bicyclic) bond motifs is 1. The highest BCUT2D eigenvalue weighted by Gasteiger charge is 2.34. The zero-order valence-electron chi connectivity index (χ0n) is 14.2. The molecule has 2 aromatic heterocycles. The Hall–Kier alpha value is -3.51. The molecule has 0 atom stereocenters. The van der Waals surface area contributed by atoms with E-state index >= 15 is 0 Å². The van der Waals surface area contributed by atoms with Gasteiger partial charge in [-0.2, -0.15) is 13.2 Å². The Morgan fingerprint density at radius 3 is 2.43 bits per heavy atom. The summed E-state index contributed by atoms with van der Waals surface area (Å²) >= 11 is 0. The van der Waals surface area contributed by atoms with E-state index in [1.807, 2.05) is 4.90 Å². The van der Waals surface area contributed by atoms with Crippen molar-refractivity contribution in [1.29, 1.82) is 0 Å². The van der Waals surface area contributed by atoms with E-state index in [2.05, 4.69) is 20.6 Å². The van der Waals surface area contributed by atoms with Crippen LogP contribution in [-0.4, -0.2) is 56.4 Å². The van der Waals surface area contributed by atoms with Gasteiger partial charge in [0.1, 0.15) is 5.69 Å². The molecule has 0 amide bonds. The fraction of sp³-hybridized carbons (Fsp3) is 0.333. The van der Waals surface area contributed by atoms with Crippen LogP contribution in [0.15, 0.2) is 30.3 Å². The molecule has 0 unspecified atom stereocenters. The molecular formula is C15H13F3N8O2. The molecule has 0 bridgehead atoms. The van der Waals surface area contributed by atoms with Crippen molar-refractivity contribution in [3.05, 3.63) is 46.0 Å². The van der Waals surface area contributed by atoms with E-state index in [1.54, 1.807) is 17.0 Å². The van der Waals surface area contributed by atoms with Gasteiger partial charge in [0.15, 0.2) is 11.5 Å². The van der Waals surface area contributed by atoms with Crippen LogP contribution >= 0.6 is 0 Å². The summed E-state index contributed by atoms with van der Waals surface area (Å²) in [5.74, 6) is 0.640. The zero-order valence-corrected chi connectivity index (χ0v) is 14.2. The molecule has 10 nitrogen and oxygen atoms in total. The van der Waals surface area contributed by atoms with E-state index in [1.165, 1.54) is 4.63 Å². The average molecular weight is 394 g/mol. The minimum Gasteiger partial charge on any atom is -0.362 e. The molecule has 4 rings (SSSR count). The Kier molecular flexibility index (Phi) is 4.20. The number of benzene rings is 1. The summed E-state index contributed by atoms with van der Waals surface area (Å²) in [5, 5.41) is 26.6. The van der Waals surface area contributed by atoms with Crippen LogP contribution in [0.25, 0.3) is 5.65 Å². The van der Waals surface area contributed by atoms with Crippen molar-refractivity contribution < 1.29 is 18.1 Å². The number of aromatic nitrogens is 5. The molecule has 0 radical (unpaired) electrons. The Morgan fingerprint density at radius 2 is 1.75 bits per heavy atom. The molecule has 0 N–H and O–H groups in total. The number of hydrogen-bond acceptors (Lipinski definition) is 8. The number of anilines is 2. The molecule has 0 saturated carbocycles. The monoisotopic (exact) mass is 394 g/mol. The first-order valence-corrected chi connectivity index (χ1v) is 8.24. The summed E-state index contributed by atoms with van der Waals surface area (Å²) in [6, 6.07) is 6.08. The van der Waals surface area contributed by atoms with Gasteiger partial charge in [0.05, 0.1) is 10.5 Å². The van der Waals surface area contributed by atoms with Gasteiger partial charge in [-0.05, 0) is 34.7 Å². The maximum absolute atomic E-state index is 12.9. The van der Waals surface area contributed by atoms with E-state index in [-0.39, 0.29) is 5.69 Å². The molecule has 3 heterocycles. The molecule has 1 aliphatic rings. The second kappa shape index (κ2) is 6.58. The van der Waals surface area contributed by atoms with E-state index in [9.17, 15) is 23.3 Å². The highest BCUT2D eigenvalue weighted by Crippen LogP contribution is 2.36. The van der Waals surface area contributed by atoms with Crippen LogP contribution in [0.3, 0.4) is 0 Å². The van der Waals surface area contributed by atoms with Gasteiger partial charge in [-0.3, -0.25) is 10.1 Å². The SMILES string of the molecule is O=[N+]([O-])c1cc(C(F)(F)F)ccc1N1CCN(c2ccc3nnnn3n2)CC1. The fourth-order valence-electron chi connectivity index (χ4n) is 3.10. The van der Waals surface area contributed by atoms with Gasteiger partial charge < -0.3 is 9.80 Å². The smallest absolute Gasteiger partial charge is 0.362 e. The van der Waals surface area contributed by atoms with Gasteiger partial charge in [0, 0.05) is 32.2 Å². The predicted molar refractivity (Wildman–Crippen MR) is 91.1 cm³/mol. The van der Waals surface area contributed by atoms with Gasteiger partial charge in [0.25, 0.3) is 5.69 Å². The van der Waals surface area contributed by atoms with Crippen LogP contribution in [-0.2, 0) is 6.18 Å². The van der Waals surface area contributed by atoms with Crippen molar-refractivity contribution in [2.24, 2.45) is 0 Å². The maximum Gasteiger partial charge on any atom is 0.416 e. The van der Waals surface area contributed by atoms with Gasteiger partial charge in [-0.25, -0.2) is 0 Å². The second-order valence-corrected chi connectivity index (χ2v) is 6.15. The third kappa shape index (κ3) is 3.25. The van der Waals surface area contributed by atoms with E-state index in [0.717, 1.165) is 12.1 Å². The summed E-state index contributed by atoms with van der Waals surface area (Å²) in [4.78, 5) is 14.2. The minimum absolute atomic E-state index is 0.168. The topological polar surface area (TPSA) is 106 Å². The van der Waals surface area contributed by atoms with Crippen LogP contribution < -0.4 is 9.80 Å². The number of rotatable bonds is 3. The standard InChI is InChI=1S/C15H13F3N8O2/c16-15(17,18)10-1-2-11(12(9-10)26(27)28)23-5-7-24(8-6-23)14-4-3-13-19-21-22-25(13)20-14/h1-4,9H,5-8H2. The zero-order chi connectivity index (χ0) is 19.9. The lowest BCUT2D eigenvalue weighted by Crippen LogP contribution is -2.47. The van der Waals surface area contributed by atoms with Crippen LogP contribution in [0, 0.1) is 10.1 Å². The van der Waals surface area contributed by atoms with Gasteiger partial charge in [-0.1, -0.05) is 0 Å². The molecule has 13 heteroatoms. The van der Waals surface area contributed by atoms with E-state index in [0.29, 0.717) is 43.7 Å². The van der Waals surface area contributed by atoms with Crippen molar-refractivity contribution in [3.63, 3.8) is 0 Å². The lowest BCUT2D eigenvalue weighted by Gasteiger charge is -2.36. The predicted octanol–water partition coefficient (Wildman–Crippen LogP) is 1.77. The Labute approximate surface area is 155 Å². The quantitative estimate of drug-likeness (QED) is 0.489. The maximum atomic E-state index is 12.9. The highest BCUT2D eigenvalue weighted by atomic mass is 19.4. The third-order valence-electron chi connectivity index (χ3n) is 4.50. The molecule has 0 aliphatic carbocycles. The number of nitro groups is 1. The largest absolute Gasteiger partial charge is 0.416 e. The van der Waals surface area contributed by atoms with Crippen LogP contribution in [0.4, 0.5) is 30.4 Å². The molecule has 28 heavy (non-hydrogen) atoms. The van der Waals surface area contributed by atoms with E-state index < -0.39 is 22.4 Å². The number of halogens is 3. The average Bonchev–Trinajstić information content (AvgIpc) is 3.14. The molecule has 3 aromatic rings. The first-order chi connectivity index (χ1) is 13.3. The summed E-state index contributed by atoms with van der Waals surface area (Å²) < 4.78 is 39.9. The molecule has 146 valence electrons. The summed E-state index contributed by atoms with van der Waals surface area (Å²) in [6.07, 6.45) is -4.64. The van der Waals surface area contributed by atoms with E-state index in [4.69, 9.17) is 0 Å².